The van der Waals surface area contributed by atoms with Crippen LogP contribution in [0.2, 0.25) is 0 Å². The van der Waals surface area contributed by atoms with Gasteiger partial charge in [-0.15, -0.1) is 0 Å². The molecular formula is C11H11IN2O2. The first-order valence-electron chi connectivity index (χ1n) is 4.62. The Morgan fingerprint density at radius 2 is 1.88 bits per heavy atom. The third-order valence-electron chi connectivity index (χ3n) is 1.79. The van der Waals surface area contributed by atoms with Crippen LogP contribution >= 0.6 is 22.6 Å². The molecule has 0 saturated heterocycles. The molecule has 0 aromatic heterocycles. The number of halogens is 1. The number of anilines is 1. The summed E-state index contributed by atoms with van der Waals surface area (Å²) >= 11 is 2.17. The molecule has 1 aromatic rings. The monoisotopic (exact) mass is 330 g/mol. The molecule has 0 spiro atoms. The molecule has 0 unspecified atom stereocenters. The zero-order valence-corrected chi connectivity index (χ0v) is 11.1. The molecule has 0 saturated carbocycles. The molecule has 0 heterocycles. The van der Waals surface area contributed by atoms with E-state index in [4.69, 9.17) is 0 Å². The summed E-state index contributed by atoms with van der Waals surface area (Å²) in [5.41, 5.74) is 3.36. The lowest BCUT2D eigenvalue weighted by Gasteiger charge is -2.02. The second-order valence-corrected chi connectivity index (χ2v) is 4.44. The van der Waals surface area contributed by atoms with Crippen LogP contribution < -0.4 is 5.43 Å². The van der Waals surface area contributed by atoms with Crippen LogP contribution in [0.25, 0.3) is 0 Å². The number of nitrogens with zero attached hydrogens (tertiary/aromatic N) is 1. The fraction of sp³-hybridized carbons (Fsp3) is 0.182. The third-order valence-corrected chi connectivity index (χ3v) is 2.46. The van der Waals surface area contributed by atoms with Crippen molar-refractivity contribution in [2.75, 3.05) is 5.43 Å². The van der Waals surface area contributed by atoms with Crippen LogP contribution in [-0.4, -0.2) is 17.3 Å². The van der Waals surface area contributed by atoms with E-state index in [-0.39, 0.29) is 17.3 Å². The van der Waals surface area contributed by atoms with E-state index in [1.54, 1.807) is 0 Å². The lowest BCUT2D eigenvalue weighted by molar-refractivity contribution is -0.114. The van der Waals surface area contributed by atoms with Crippen molar-refractivity contribution in [1.82, 2.24) is 0 Å². The van der Waals surface area contributed by atoms with Crippen molar-refractivity contribution in [3.8, 4) is 0 Å². The van der Waals surface area contributed by atoms with Crippen molar-refractivity contribution in [3.05, 3.63) is 27.8 Å². The van der Waals surface area contributed by atoms with Crippen molar-refractivity contribution in [2.24, 2.45) is 5.10 Å². The minimum absolute atomic E-state index is 0.0705. The first-order valence-corrected chi connectivity index (χ1v) is 5.69. The molecule has 5 heteroatoms. The van der Waals surface area contributed by atoms with Crippen molar-refractivity contribution in [1.29, 1.82) is 0 Å². The molecule has 0 aliphatic heterocycles. The van der Waals surface area contributed by atoms with E-state index in [2.05, 4.69) is 33.1 Å². The van der Waals surface area contributed by atoms with Gasteiger partial charge in [-0.3, -0.25) is 15.0 Å². The number of carbonyl (C=O) groups excluding carboxylic acids is 2. The minimum Gasteiger partial charge on any atom is -0.293 e. The largest absolute Gasteiger partial charge is 0.293 e. The molecule has 0 radical (unpaired) electrons. The van der Waals surface area contributed by atoms with Gasteiger partial charge in [-0.2, -0.15) is 5.10 Å². The van der Waals surface area contributed by atoms with Crippen LogP contribution in [-0.2, 0) is 9.59 Å². The lowest BCUT2D eigenvalue weighted by atomic mass is 10.2. The standard InChI is InChI=1S/C11H11IN2O2/c1-7(15)11(8(2)16)14-13-10-5-3-4-9(12)6-10/h3-6,13H,1-2H3. The number of benzene rings is 1. The van der Waals surface area contributed by atoms with Gasteiger partial charge in [-0.25, -0.2) is 0 Å². The second kappa shape index (κ2) is 5.74. The van der Waals surface area contributed by atoms with Gasteiger partial charge in [-0.1, -0.05) is 6.07 Å². The average molecular weight is 330 g/mol. The molecule has 16 heavy (non-hydrogen) atoms. The molecule has 1 aromatic carbocycles. The van der Waals surface area contributed by atoms with Gasteiger partial charge < -0.3 is 0 Å². The van der Waals surface area contributed by atoms with Crippen molar-refractivity contribution in [2.45, 2.75) is 13.8 Å². The van der Waals surface area contributed by atoms with Gasteiger partial charge in [-0.05, 0) is 40.8 Å². The Morgan fingerprint density at radius 3 is 2.38 bits per heavy atom. The highest BCUT2D eigenvalue weighted by molar-refractivity contribution is 14.1. The zero-order chi connectivity index (χ0) is 12.1. The normalized spacial score (nSPS) is 9.44. The van der Waals surface area contributed by atoms with Gasteiger partial charge in [0.2, 0.25) is 0 Å². The summed E-state index contributed by atoms with van der Waals surface area (Å²) in [4.78, 5) is 22.2. The Morgan fingerprint density at radius 1 is 1.25 bits per heavy atom. The summed E-state index contributed by atoms with van der Waals surface area (Å²) < 4.78 is 1.05. The lowest BCUT2D eigenvalue weighted by Crippen LogP contribution is -2.20. The van der Waals surface area contributed by atoms with Gasteiger partial charge in [0.15, 0.2) is 17.3 Å². The van der Waals surface area contributed by atoms with Crippen LogP contribution in [0.3, 0.4) is 0 Å². The number of rotatable bonds is 4. The van der Waals surface area contributed by atoms with Crippen molar-refractivity contribution >= 4 is 45.6 Å². The van der Waals surface area contributed by atoms with E-state index in [0.29, 0.717) is 0 Å². The minimum atomic E-state index is -0.342. The van der Waals surface area contributed by atoms with E-state index < -0.39 is 0 Å². The van der Waals surface area contributed by atoms with Crippen LogP contribution in [0.4, 0.5) is 5.69 Å². The van der Waals surface area contributed by atoms with Gasteiger partial charge in [0, 0.05) is 17.4 Å². The topological polar surface area (TPSA) is 58.5 Å². The van der Waals surface area contributed by atoms with E-state index >= 15 is 0 Å². The second-order valence-electron chi connectivity index (χ2n) is 3.19. The highest BCUT2D eigenvalue weighted by Gasteiger charge is 2.11. The quantitative estimate of drug-likeness (QED) is 0.399. The van der Waals surface area contributed by atoms with Crippen molar-refractivity contribution < 1.29 is 9.59 Å². The van der Waals surface area contributed by atoms with Crippen LogP contribution in [0, 0.1) is 3.57 Å². The van der Waals surface area contributed by atoms with Crippen molar-refractivity contribution in [3.63, 3.8) is 0 Å². The first kappa shape index (κ1) is 12.8. The number of nitrogens with one attached hydrogen (secondary N) is 1. The Labute approximate surface area is 107 Å². The molecule has 1 rings (SSSR count). The Bertz CT molecular complexity index is 439. The van der Waals surface area contributed by atoms with E-state index in [1.165, 1.54) is 13.8 Å². The van der Waals surface area contributed by atoms with E-state index in [0.717, 1.165) is 9.26 Å². The van der Waals surface area contributed by atoms with Gasteiger partial charge in [0.05, 0.1) is 5.69 Å². The average Bonchev–Trinajstić information content (AvgIpc) is 2.16. The highest BCUT2D eigenvalue weighted by atomic mass is 127. The fourth-order valence-corrected chi connectivity index (χ4v) is 1.63. The summed E-state index contributed by atoms with van der Waals surface area (Å²) in [6.07, 6.45) is 0. The summed E-state index contributed by atoms with van der Waals surface area (Å²) in [6.45, 7) is 2.63. The van der Waals surface area contributed by atoms with Gasteiger partial charge >= 0.3 is 0 Å². The zero-order valence-electron chi connectivity index (χ0n) is 8.95. The third kappa shape index (κ3) is 3.73. The van der Waals surface area contributed by atoms with Gasteiger partial charge in [0.1, 0.15) is 0 Å². The highest BCUT2D eigenvalue weighted by Crippen LogP contribution is 2.12. The van der Waals surface area contributed by atoms with E-state index in [1.807, 2.05) is 24.3 Å². The maximum Gasteiger partial charge on any atom is 0.183 e. The molecule has 1 N–H and O–H groups in total. The number of ketones is 2. The Hall–Kier alpha value is -1.24. The summed E-state index contributed by atoms with van der Waals surface area (Å²) in [5.74, 6) is -0.684. The molecule has 4 nitrogen and oxygen atoms in total. The van der Waals surface area contributed by atoms with Crippen LogP contribution in [0.5, 0.6) is 0 Å². The van der Waals surface area contributed by atoms with Gasteiger partial charge in [0.25, 0.3) is 0 Å². The predicted molar refractivity (Wildman–Crippen MR) is 71.6 cm³/mol. The fourth-order valence-electron chi connectivity index (χ4n) is 1.08. The maximum absolute atomic E-state index is 11.1. The Balaban J connectivity index is 2.85. The number of hydrazone groups is 1. The maximum atomic E-state index is 11.1. The molecule has 0 atom stereocenters. The smallest absolute Gasteiger partial charge is 0.183 e. The molecule has 0 fully saturated rings. The number of carbonyl (C=O) groups is 2. The molecule has 0 bridgehead atoms. The Kier molecular flexibility index (Phi) is 4.60. The molecule has 84 valence electrons. The molecule has 0 aliphatic rings. The molecule has 0 amide bonds. The summed E-state index contributed by atoms with van der Waals surface area (Å²) in [6, 6.07) is 7.47. The molecule has 0 aliphatic carbocycles. The van der Waals surface area contributed by atoms with E-state index in [9.17, 15) is 9.59 Å². The summed E-state index contributed by atoms with van der Waals surface area (Å²) in [5, 5.41) is 3.80. The predicted octanol–water partition coefficient (Wildman–Crippen LogP) is 2.24. The summed E-state index contributed by atoms with van der Waals surface area (Å²) in [7, 11) is 0. The van der Waals surface area contributed by atoms with Crippen LogP contribution in [0.15, 0.2) is 29.4 Å². The number of hydrogen-bond donors (Lipinski definition) is 1. The number of hydrogen-bond acceptors (Lipinski definition) is 4. The first-order chi connectivity index (χ1) is 7.50. The number of Topliss-reactive ketones (excluding diaryl/α,β-unsaturated/α-hetero) is 2. The SMILES string of the molecule is CC(=O)C(=NNc1cccc(I)c1)C(C)=O. The molecular weight excluding hydrogens is 319 g/mol. The van der Waals surface area contributed by atoms with Crippen LogP contribution in [0.1, 0.15) is 13.8 Å².